The topological polar surface area (TPSA) is 52.9 Å². The lowest BCUT2D eigenvalue weighted by Gasteiger charge is -2.06. The molecule has 1 amide bonds. The largest absolute Gasteiger partial charge is 0.321 e. The minimum atomic E-state index is -0.408. The average molecular weight is 312 g/mol. The van der Waals surface area contributed by atoms with Crippen LogP contribution in [0.3, 0.4) is 0 Å². The van der Waals surface area contributed by atoms with Crippen LogP contribution in [0.15, 0.2) is 72.3 Å². The maximum Gasteiger partial charge on any atom is 0.266 e. The molecule has 116 valence electrons. The van der Waals surface area contributed by atoms with Crippen molar-refractivity contribution >= 4 is 28.4 Å². The lowest BCUT2D eigenvalue weighted by Crippen LogP contribution is -2.13. The first-order valence-corrected chi connectivity index (χ1v) is 7.65. The molecular formula is C21H16N2O. The third-order valence-electron chi connectivity index (χ3n) is 3.80. The standard InChI is InChI=1S/C21H16N2O/c1-15-9-11-19(12-10-15)23-21(24)18(14-22)13-17-7-4-6-16-5-2-3-8-20(16)17/h2-13H,1H3,(H,23,24)/b18-13+. The van der Waals surface area contributed by atoms with E-state index in [1.807, 2.05) is 79.7 Å². The summed E-state index contributed by atoms with van der Waals surface area (Å²) in [5.74, 6) is -0.408. The number of rotatable bonds is 3. The van der Waals surface area contributed by atoms with Crippen molar-refractivity contribution in [1.29, 1.82) is 5.26 Å². The van der Waals surface area contributed by atoms with E-state index in [0.717, 1.165) is 21.9 Å². The van der Waals surface area contributed by atoms with Crippen molar-refractivity contribution in [1.82, 2.24) is 0 Å². The van der Waals surface area contributed by atoms with Crippen molar-refractivity contribution in [3.63, 3.8) is 0 Å². The SMILES string of the molecule is Cc1ccc(NC(=O)/C(C#N)=C/c2cccc3ccccc23)cc1. The summed E-state index contributed by atoms with van der Waals surface area (Å²) in [4.78, 5) is 12.4. The van der Waals surface area contributed by atoms with Gasteiger partial charge in [0.1, 0.15) is 11.6 Å². The Hall–Kier alpha value is -3.38. The molecule has 3 aromatic carbocycles. The van der Waals surface area contributed by atoms with Crippen LogP contribution in [0.1, 0.15) is 11.1 Å². The second kappa shape index (κ2) is 6.80. The zero-order valence-corrected chi connectivity index (χ0v) is 13.3. The van der Waals surface area contributed by atoms with Gasteiger partial charge >= 0.3 is 0 Å². The number of anilines is 1. The van der Waals surface area contributed by atoms with Gasteiger partial charge in [0.25, 0.3) is 5.91 Å². The monoisotopic (exact) mass is 312 g/mol. The van der Waals surface area contributed by atoms with Crippen molar-refractivity contribution in [3.05, 3.63) is 83.4 Å². The van der Waals surface area contributed by atoms with Gasteiger partial charge in [0.15, 0.2) is 0 Å². The third-order valence-corrected chi connectivity index (χ3v) is 3.80. The van der Waals surface area contributed by atoms with E-state index in [4.69, 9.17) is 0 Å². The Labute approximate surface area is 140 Å². The highest BCUT2D eigenvalue weighted by molar-refractivity contribution is 6.10. The predicted molar refractivity (Wildman–Crippen MR) is 97.3 cm³/mol. The van der Waals surface area contributed by atoms with E-state index in [0.29, 0.717) is 5.69 Å². The van der Waals surface area contributed by atoms with Gasteiger partial charge < -0.3 is 5.32 Å². The lowest BCUT2D eigenvalue weighted by atomic mass is 10.0. The van der Waals surface area contributed by atoms with Crippen molar-refractivity contribution in [3.8, 4) is 6.07 Å². The molecule has 0 radical (unpaired) electrons. The van der Waals surface area contributed by atoms with Crippen LogP contribution in [-0.4, -0.2) is 5.91 Å². The molecule has 3 rings (SSSR count). The predicted octanol–water partition coefficient (Wildman–Crippen LogP) is 4.69. The summed E-state index contributed by atoms with van der Waals surface area (Å²) in [6.07, 6.45) is 1.63. The van der Waals surface area contributed by atoms with Crippen molar-refractivity contribution < 1.29 is 4.79 Å². The summed E-state index contributed by atoms with van der Waals surface area (Å²) >= 11 is 0. The molecule has 0 fully saturated rings. The van der Waals surface area contributed by atoms with Crippen LogP contribution in [0.5, 0.6) is 0 Å². The Bertz CT molecular complexity index is 958. The molecule has 0 saturated carbocycles. The van der Waals surface area contributed by atoms with E-state index >= 15 is 0 Å². The number of nitrogens with zero attached hydrogens (tertiary/aromatic N) is 1. The van der Waals surface area contributed by atoms with Gasteiger partial charge in [-0.1, -0.05) is 60.2 Å². The van der Waals surface area contributed by atoms with E-state index in [1.165, 1.54) is 0 Å². The molecule has 3 aromatic rings. The average Bonchev–Trinajstić information content (AvgIpc) is 2.61. The first-order chi connectivity index (χ1) is 11.7. The van der Waals surface area contributed by atoms with Crippen LogP contribution >= 0.6 is 0 Å². The van der Waals surface area contributed by atoms with Gasteiger partial charge in [-0.3, -0.25) is 4.79 Å². The Balaban J connectivity index is 1.92. The number of nitriles is 1. The molecule has 0 heterocycles. The number of carbonyl (C=O) groups excluding carboxylic acids is 1. The fraction of sp³-hybridized carbons (Fsp3) is 0.0476. The van der Waals surface area contributed by atoms with E-state index in [-0.39, 0.29) is 5.57 Å². The van der Waals surface area contributed by atoms with E-state index in [9.17, 15) is 10.1 Å². The summed E-state index contributed by atoms with van der Waals surface area (Å²) in [6.45, 7) is 1.98. The first kappa shape index (κ1) is 15.5. The highest BCUT2D eigenvalue weighted by Crippen LogP contribution is 2.21. The maximum atomic E-state index is 12.4. The molecule has 0 aliphatic carbocycles. The highest BCUT2D eigenvalue weighted by atomic mass is 16.1. The normalized spacial score (nSPS) is 11.1. The fourth-order valence-corrected chi connectivity index (χ4v) is 2.52. The van der Waals surface area contributed by atoms with E-state index in [2.05, 4.69) is 5.32 Å². The smallest absolute Gasteiger partial charge is 0.266 e. The molecule has 3 heteroatoms. The summed E-state index contributed by atoms with van der Waals surface area (Å²) in [5.41, 5.74) is 2.71. The second-order valence-corrected chi connectivity index (χ2v) is 5.56. The van der Waals surface area contributed by atoms with Gasteiger partial charge in [-0.15, -0.1) is 0 Å². The lowest BCUT2D eigenvalue weighted by molar-refractivity contribution is -0.112. The number of hydrogen-bond acceptors (Lipinski definition) is 2. The number of fused-ring (bicyclic) bond motifs is 1. The molecule has 0 atom stereocenters. The Kier molecular flexibility index (Phi) is 4.40. The summed E-state index contributed by atoms with van der Waals surface area (Å²) in [6, 6.07) is 23.2. The molecule has 24 heavy (non-hydrogen) atoms. The maximum absolute atomic E-state index is 12.4. The molecule has 0 unspecified atom stereocenters. The molecule has 1 N–H and O–H groups in total. The number of aryl methyl sites for hydroxylation is 1. The Morgan fingerprint density at radius 1 is 1.00 bits per heavy atom. The van der Waals surface area contributed by atoms with Gasteiger partial charge in [-0.25, -0.2) is 0 Å². The van der Waals surface area contributed by atoms with Crippen LogP contribution in [-0.2, 0) is 4.79 Å². The molecule has 0 spiro atoms. The molecule has 0 aliphatic rings. The minimum Gasteiger partial charge on any atom is -0.321 e. The van der Waals surface area contributed by atoms with Crippen molar-refractivity contribution in [2.24, 2.45) is 0 Å². The molecule has 0 aliphatic heterocycles. The van der Waals surface area contributed by atoms with Gasteiger partial charge in [-0.05, 0) is 41.5 Å². The quantitative estimate of drug-likeness (QED) is 0.563. The van der Waals surface area contributed by atoms with Gasteiger partial charge in [0.2, 0.25) is 0 Å². The molecule has 0 aromatic heterocycles. The Morgan fingerprint density at radius 3 is 2.46 bits per heavy atom. The zero-order chi connectivity index (χ0) is 16.9. The highest BCUT2D eigenvalue weighted by Gasteiger charge is 2.10. The fourth-order valence-electron chi connectivity index (χ4n) is 2.52. The number of benzene rings is 3. The number of amides is 1. The van der Waals surface area contributed by atoms with Crippen LogP contribution in [0.25, 0.3) is 16.8 Å². The first-order valence-electron chi connectivity index (χ1n) is 7.65. The molecular weight excluding hydrogens is 296 g/mol. The van der Waals surface area contributed by atoms with Crippen LogP contribution in [0, 0.1) is 18.3 Å². The van der Waals surface area contributed by atoms with Gasteiger partial charge in [0.05, 0.1) is 0 Å². The van der Waals surface area contributed by atoms with Gasteiger partial charge in [-0.2, -0.15) is 5.26 Å². The van der Waals surface area contributed by atoms with Crippen LogP contribution in [0.4, 0.5) is 5.69 Å². The van der Waals surface area contributed by atoms with Crippen LogP contribution < -0.4 is 5.32 Å². The Morgan fingerprint density at radius 2 is 1.71 bits per heavy atom. The van der Waals surface area contributed by atoms with E-state index < -0.39 is 5.91 Å². The molecule has 0 saturated heterocycles. The van der Waals surface area contributed by atoms with Crippen LogP contribution in [0.2, 0.25) is 0 Å². The number of hydrogen-bond donors (Lipinski definition) is 1. The molecule has 3 nitrogen and oxygen atoms in total. The van der Waals surface area contributed by atoms with Gasteiger partial charge in [0, 0.05) is 5.69 Å². The third kappa shape index (κ3) is 3.34. The van der Waals surface area contributed by atoms with Crippen molar-refractivity contribution in [2.75, 3.05) is 5.32 Å². The van der Waals surface area contributed by atoms with E-state index in [1.54, 1.807) is 6.08 Å². The minimum absolute atomic E-state index is 0.0759. The second-order valence-electron chi connectivity index (χ2n) is 5.56. The molecule has 0 bridgehead atoms. The summed E-state index contributed by atoms with van der Waals surface area (Å²) < 4.78 is 0. The summed E-state index contributed by atoms with van der Waals surface area (Å²) in [5, 5.41) is 14.2. The summed E-state index contributed by atoms with van der Waals surface area (Å²) in [7, 11) is 0. The number of carbonyl (C=O) groups is 1. The zero-order valence-electron chi connectivity index (χ0n) is 13.3. The number of nitrogens with one attached hydrogen (secondary N) is 1. The van der Waals surface area contributed by atoms with Crippen molar-refractivity contribution in [2.45, 2.75) is 6.92 Å².